The van der Waals surface area contributed by atoms with Crippen molar-refractivity contribution >= 4 is 75.9 Å². The lowest BCUT2D eigenvalue weighted by Crippen LogP contribution is -2.52. The standard InChI is InChI=1S/C37H46F2N4O7.C32H38F2N4O5.ClH/c1-6-37(38,39)30-31(41-26-17-14-13-16-25(26)40-30)49-24-19-28-29(44)21-36(33(46)48-7-2)20-23(36)15-11-9-8-10-12-18-27(32(45)43(28)22-24)42-34(47)50-35(3,4)5;1-3-32(33,34)27-28(37-24-15-11-10-14-23(24)36-27)43-21-16-25-26(39)18-31(30(41)42-4-2)17-20(31)12-8-6-5-7-9-13-22(35)29(40)38(25)19-21;/h6,11,13-17,23-24,27-28H,1,7-10,12,18-22H2,2-5H3,(H,42,47);3,8,10-12,14-15,20-22,25H,1,4-7,9,13,16-19,35H2,2H3;1H/b15-11-;12-8-;/t23-,24-,27+,28+,36-;20-,21-,22+,25+,31-;/m11./s1. The van der Waals surface area contributed by atoms with Crippen LogP contribution in [0.25, 0.3) is 22.1 Å². The predicted molar refractivity (Wildman–Crippen MR) is 343 cm³/mol. The van der Waals surface area contributed by atoms with Crippen LogP contribution in [0.15, 0.2) is 98.1 Å². The lowest BCUT2D eigenvalue weighted by Gasteiger charge is -2.30. The van der Waals surface area contributed by atoms with Gasteiger partial charge in [-0.25, -0.2) is 24.7 Å². The number of hydrogen-bond acceptors (Lipinski definition) is 17. The van der Waals surface area contributed by atoms with Crippen LogP contribution in [0.2, 0.25) is 0 Å². The number of amides is 3. The molecule has 508 valence electrons. The van der Waals surface area contributed by atoms with Crippen molar-refractivity contribution in [2.45, 2.75) is 191 Å². The molecule has 0 unspecified atom stereocenters. The van der Waals surface area contributed by atoms with E-state index in [4.69, 9.17) is 29.4 Å². The molecule has 2 aromatic heterocycles. The molecular formula is C69H85ClF4N8O12. The second kappa shape index (κ2) is 30.3. The van der Waals surface area contributed by atoms with Gasteiger partial charge in [0, 0.05) is 25.7 Å². The maximum atomic E-state index is 15.1. The van der Waals surface area contributed by atoms with Gasteiger partial charge in [0.2, 0.25) is 23.6 Å². The molecule has 4 aliphatic heterocycles. The van der Waals surface area contributed by atoms with Gasteiger partial charge in [0.1, 0.15) is 23.9 Å². The summed E-state index contributed by atoms with van der Waals surface area (Å²) >= 11 is 0. The zero-order chi connectivity index (χ0) is 67.0. The van der Waals surface area contributed by atoms with Crippen LogP contribution in [0.5, 0.6) is 11.8 Å². The Kier molecular flexibility index (Phi) is 23.2. The summed E-state index contributed by atoms with van der Waals surface area (Å²) in [4.78, 5) is 115. The third kappa shape index (κ3) is 16.6. The van der Waals surface area contributed by atoms with Crippen LogP contribution >= 0.6 is 12.4 Å². The average Bonchev–Trinajstić information content (AvgIpc) is 1.57. The molecule has 6 heterocycles. The first kappa shape index (κ1) is 72.0. The highest BCUT2D eigenvalue weighted by Crippen LogP contribution is 2.59. The molecule has 3 N–H and O–H groups in total. The van der Waals surface area contributed by atoms with Gasteiger partial charge in [-0.15, -0.1) is 12.4 Å². The Labute approximate surface area is 550 Å². The van der Waals surface area contributed by atoms with E-state index in [0.29, 0.717) is 48.9 Å². The fourth-order valence-corrected chi connectivity index (χ4v) is 12.9. The Morgan fingerprint density at radius 3 is 1.47 bits per heavy atom. The summed E-state index contributed by atoms with van der Waals surface area (Å²) in [6, 6.07) is 9.19. The highest BCUT2D eigenvalue weighted by molar-refractivity contribution is 5.97. The smallest absolute Gasteiger partial charge is 0.408 e. The lowest BCUT2D eigenvalue weighted by molar-refractivity contribution is -0.153. The largest absolute Gasteiger partial charge is 0.471 e. The van der Waals surface area contributed by atoms with Crippen LogP contribution in [0.3, 0.4) is 0 Å². The molecule has 4 aromatic rings. The number of allylic oxidation sites excluding steroid dienone is 6. The quantitative estimate of drug-likeness (QED) is 0.0545. The van der Waals surface area contributed by atoms with Crippen molar-refractivity contribution in [2.24, 2.45) is 28.4 Å². The van der Waals surface area contributed by atoms with Crippen molar-refractivity contribution in [3.63, 3.8) is 0 Å². The SMILES string of the molecule is C=CC(F)(F)c1nc2ccccc2nc1O[C@@H]1C[C@H]2C(=O)C[C@]3(C(=O)OCC)C[C@H]3/C=C\CCCCC[C@H](N)C(=O)N2C1.C=CC(F)(F)c1nc2ccccc2nc1O[C@@H]1C[C@H]2C(=O)C[C@]3(C(=O)OCC)C[C@H]3/C=C\CCCCC[C@H](NC(=O)OC(C)(C)C)C(=O)N2C1.Cl. The van der Waals surface area contributed by atoms with Gasteiger partial charge in [0.15, 0.2) is 23.0 Å². The van der Waals surface area contributed by atoms with E-state index in [1.807, 2.05) is 24.3 Å². The molecule has 3 amide bonds. The number of alkyl carbamates (subject to hydrolysis) is 1. The molecule has 2 saturated carbocycles. The minimum atomic E-state index is -3.59. The minimum absolute atomic E-state index is 0. The Bertz CT molecular complexity index is 3550. The number of rotatable bonds is 13. The number of para-hydroxylation sites is 4. The summed E-state index contributed by atoms with van der Waals surface area (Å²) < 4.78 is 88.5. The second-order valence-corrected chi connectivity index (χ2v) is 25.9. The van der Waals surface area contributed by atoms with Crippen molar-refractivity contribution in [2.75, 3.05) is 26.3 Å². The van der Waals surface area contributed by atoms with Crippen molar-refractivity contribution in [1.29, 1.82) is 0 Å². The zero-order valence-corrected chi connectivity index (χ0v) is 54.7. The molecule has 20 nitrogen and oxygen atoms in total. The number of ketones is 2. The predicted octanol–water partition coefficient (Wildman–Crippen LogP) is 11.3. The molecule has 94 heavy (non-hydrogen) atoms. The van der Waals surface area contributed by atoms with Gasteiger partial charge in [0.05, 0.1) is 77.3 Å². The van der Waals surface area contributed by atoms with Crippen LogP contribution < -0.4 is 20.5 Å². The molecule has 2 saturated heterocycles. The third-order valence-corrected chi connectivity index (χ3v) is 18.0. The van der Waals surface area contributed by atoms with E-state index in [0.717, 1.165) is 44.9 Å². The third-order valence-electron chi connectivity index (χ3n) is 18.0. The van der Waals surface area contributed by atoms with Gasteiger partial charge >= 0.3 is 29.9 Å². The number of carbonyl (C=O) groups is 7. The molecule has 2 aliphatic carbocycles. The van der Waals surface area contributed by atoms with Crippen LogP contribution in [0.4, 0.5) is 22.4 Å². The number of carbonyl (C=O) groups excluding carboxylic acids is 7. The fourth-order valence-electron chi connectivity index (χ4n) is 12.9. The summed E-state index contributed by atoms with van der Waals surface area (Å²) in [7, 11) is 0. The van der Waals surface area contributed by atoms with E-state index < -0.39 is 118 Å². The first-order valence-electron chi connectivity index (χ1n) is 32.3. The molecule has 10 rings (SSSR count). The summed E-state index contributed by atoms with van der Waals surface area (Å²) in [6.45, 7) is 15.2. The molecule has 4 fully saturated rings. The number of nitrogens with two attached hydrogens (primary N) is 1. The Morgan fingerprint density at radius 1 is 0.638 bits per heavy atom. The molecule has 6 aliphatic rings. The number of ether oxygens (including phenoxy) is 5. The number of halogens is 5. The molecule has 25 heteroatoms. The van der Waals surface area contributed by atoms with E-state index >= 15 is 8.78 Å². The van der Waals surface area contributed by atoms with Crippen molar-refractivity contribution in [3.8, 4) is 11.8 Å². The highest BCUT2D eigenvalue weighted by atomic mass is 35.5. The van der Waals surface area contributed by atoms with Gasteiger partial charge in [-0.3, -0.25) is 28.8 Å². The highest BCUT2D eigenvalue weighted by Gasteiger charge is 2.63. The van der Waals surface area contributed by atoms with Gasteiger partial charge < -0.3 is 44.5 Å². The second-order valence-electron chi connectivity index (χ2n) is 25.9. The van der Waals surface area contributed by atoms with E-state index in [1.54, 1.807) is 83.1 Å². The minimum Gasteiger partial charge on any atom is -0.471 e. The van der Waals surface area contributed by atoms with Crippen molar-refractivity contribution in [3.05, 3.63) is 110 Å². The topological polar surface area (TPSA) is 262 Å². The first-order chi connectivity index (χ1) is 44.3. The average molecular weight is 1330 g/mol. The van der Waals surface area contributed by atoms with Crippen molar-refractivity contribution in [1.82, 2.24) is 35.1 Å². The fraction of sp³-hybridized carbons (Fsp3) is 0.551. The van der Waals surface area contributed by atoms with Crippen LogP contribution in [-0.2, 0) is 54.8 Å². The normalized spacial score (nSPS) is 27.6. The first-order valence-corrected chi connectivity index (χ1v) is 32.3. The maximum Gasteiger partial charge on any atom is 0.408 e. The lowest BCUT2D eigenvalue weighted by atomic mass is 9.91. The maximum absolute atomic E-state index is 15.1. The van der Waals surface area contributed by atoms with Gasteiger partial charge in [0.25, 0.3) is 0 Å². The number of esters is 2. The molecule has 2 aromatic carbocycles. The Morgan fingerprint density at radius 2 is 1.05 bits per heavy atom. The summed E-state index contributed by atoms with van der Waals surface area (Å²) in [5.41, 5.74) is 3.16. The number of alkyl halides is 4. The van der Waals surface area contributed by atoms with Crippen LogP contribution in [0, 0.1) is 22.7 Å². The molecular weight excluding hydrogens is 1240 g/mol. The Balaban J connectivity index is 0.000000241. The van der Waals surface area contributed by atoms with Crippen LogP contribution in [0.1, 0.15) is 149 Å². The number of benzene rings is 2. The van der Waals surface area contributed by atoms with Gasteiger partial charge in [-0.1, -0.05) is 87.4 Å². The molecule has 10 atom stereocenters. The van der Waals surface area contributed by atoms with E-state index in [1.165, 1.54) is 9.80 Å². The summed E-state index contributed by atoms with van der Waals surface area (Å²) in [5.74, 6) is -10.8. The molecule has 0 radical (unpaired) electrons. The zero-order valence-electron chi connectivity index (χ0n) is 53.8. The summed E-state index contributed by atoms with van der Waals surface area (Å²) in [6.07, 6.45) is 14.1. The van der Waals surface area contributed by atoms with E-state index in [9.17, 15) is 42.3 Å². The summed E-state index contributed by atoms with van der Waals surface area (Å²) in [5, 5.41) is 2.70. The molecule has 0 bridgehead atoms. The van der Waals surface area contributed by atoms with Gasteiger partial charge in [-0.2, -0.15) is 17.6 Å². The number of nitrogens with zero attached hydrogens (tertiary/aromatic N) is 6. The van der Waals surface area contributed by atoms with Crippen molar-refractivity contribution < 1.29 is 74.8 Å². The molecule has 0 spiro atoms. The Hall–Kier alpha value is -7.86. The number of aromatic nitrogens is 4. The van der Waals surface area contributed by atoms with Crippen LogP contribution in [-0.4, -0.2) is 139 Å². The van der Waals surface area contributed by atoms with Gasteiger partial charge in [-0.05, 0) is 134 Å². The number of hydrogen-bond donors (Lipinski definition) is 2. The van der Waals surface area contributed by atoms with E-state index in [2.05, 4.69) is 38.4 Å². The number of nitrogens with one attached hydrogen (secondary N) is 1. The number of Topliss-reactive ketones (excluding diaryl/α,β-unsaturated/α-hetero) is 2. The van der Waals surface area contributed by atoms with E-state index in [-0.39, 0.29) is 105 Å². The monoisotopic (exact) mass is 1330 g/mol. The number of fused-ring (bicyclic) bond motifs is 6.